The Kier molecular flexibility index (Phi) is 6.55. The molecule has 1 aliphatic heterocycles. The highest BCUT2D eigenvalue weighted by atomic mass is 32.2. The minimum atomic E-state index is -3.47. The Morgan fingerprint density at radius 2 is 1.90 bits per heavy atom. The Bertz CT molecular complexity index is 1630. The van der Waals surface area contributed by atoms with E-state index in [1.54, 1.807) is 24.5 Å². The van der Waals surface area contributed by atoms with Crippen LogP contribution in [0.1, 0.15) is 55.9 Å². The maximum atomic E-state index is 13.1. The van der Waals surface area contributed by atoms with Crippen molar-refractivity contribution >= 4 is 38.5 Å². The number of fused-ring (bicyclic) bond motifs is 1. The average molecular weight is 551 g/mol. The summed E-state index contributed by atoms with van der Waals surface area (Å²) in [7, 11) is -3.47. The largest absolute Gasteiger partial charge is 0.381 e. The molecule has 204 valence electrons. The maximum Gasteiger partial charge on any atom is 0.256 e. The molecule has 1 aliphatic carbocycles. The Balaban J connectivity index is 1.25. The van der Waals surface area contributed by atoms with Crippen LogP contribution < -0.4 is 10.6 Å². The Labute approximate surface area is 225 Å². The lowest BCUT2D eigenvalue weighted by Crippen LogP contribution is -2.38. The second-order valence-corrected chi connectivity index (χ2v) is 12.3. The van der Waals surface area contributed by atoms with Crippen LogP contribution in [0.15, 0.2) is 43.0 Å². The molecule has 39 heavy (non-hydrogen) atoms. The number of rotatable bonds is 8. The van der Waals surface area contributed by atoms with Crippen LogP contribution in [0.2, 0.25) is 0 Å². The molecule has 4 aromatic heterocycles. The van der Waals surface area contributed by atoms with Crippen LogP contribution in [0, 0.1) is 0 Å². The normalized spacial score (nSPS) is 16.6. The molecular formula is C26H30N8O4S. The zero-order chi connectivity index (χ0) is 27.1. The minimum Gasteiger partial charge on any atom is -0.381 e. The van der Waals surface area contributed by atoms with Gasteiger partial charge in [-0.15, -0.1) is 0 Å². The van der Waals surface area contributed by atoms with Crippen molar-refractivity contribution in [1.29, 1.82) is 0 Å². The van der Waals surface area contributed by atoms with E-state index in [1.165, 1.54) is 6.20 Å². The Morgan fingerprint density at radius 1 is 1.10 bits per heavy atom. The number of nitrogens with zero attached hydrogens (tertiary/aromatic N) is 6. The minimum absolute atomic E-state index is 0.102. The van der Waals surface area contributed by atoms with Crippen molar-refractivity contribution in [3.8, 4) is 11.5 Å². The summed E-state index contributed by atoms with van der Waals surface area (Å²) in [6, 6.07) is 5.40. The summed E-state index contributed by atoms with van der Waals surface area (Å²) < 4.78 is 33.4. The molecular weight excluding hydrogens is 520 g/mol. The summed E-state index contributed by atoms with van der Waals surface area (Å²) in [4.78, 5) is 26.5. The highest BCUT2D eigenvalue weighted by Gasteiger charge is 2.37. The van der Waals surface area contributed by atoms with Gasteiger partial charge in [-0.05, 0) is 51.7 Å². The summed E-state index contributed by atoms with van der Waals surface area (Å²) in [6.45, 7) is 5.43. The lowest BCUT2D eigenvalue weighted by atomic mass is 10.1. The molecule has 1 amide bonds. The Hall–Kier alpha value is -3.84. The molecule has 0 radical (unpaired) electrons. The van der Waals surface area contributed by atoms with E-state index in [-0.39, 0.29) is 23.2 Å². The van der Waals surface area contributed by atoms with Crippen molar-refractivity contribution < 1.29 is 17.9 Å². The average Bonchev–Trinajstić information content (AvgIpc) is 3.54. The quantitative estimate of drug-likeness (QED) is 0.337. The molecule has 0 unspecified atom stereocenters. The first-order chi connectivity index (χ1) is 18.8. The lowest BCUT2D eigenvalue weighted by molar-refractivity contribution is 0.0697. The van der Waals surface area contributed by atoms with E-state index in [0.29, 0.717) is 54.8 Å². The van der Waals surface area contributed by atoms with Crippen molar-refractivity contribution in [3.05, 3.63) is 48.5 Å². The first kappa shape index (κ1) is 25.4. The molecule has 0 bridgehead atoms. The number of amides is 1. The van der Waals surface area contributed by atoms with Gasteiger partial charge in [-0.1, -0.05) is 0 Å². The van der Waals surface area contributed by atoms with Crippen molar-refractivity contribution in [2.45, 2.75) is 56.9 Å². The molecule has 13 heteroatoms. The molecule has 0 aromatic carbocycles. The van der Waals surface area contributed by atoms with Gasteiger partial charge in [0.25, 0.3) is 15.9 Å². The monoisotopic (exact) mass is 550 g/mol. The molecule has 6 rings (SSSR count). The Morgan fingerprint density at radius 3 is 2.64 bits per heavy atom. The highest BCUT2D eigenvalue weighted by molar-refractivity contribution is 7.90. The first-order valence-corrected chi connectivity index (χ1v) is 14.6. The number of nitrogens with one attached hydrogen (secondary N) is 2. The van der Waals surface area contributed by atoms with Gasteiger partial charge in [-0.25, -0.2) is 23.4 Å². The number of pyridine rings is 1. The number of aromatic nitrogens is 6. The number of ether oxygens (including phenoxy) is 1. The zero-order valence-electron chi connectivity index (χ0n) is 21.7. The molecule has 1 saturated carbocycles. The van der Waals surface area contributed by atoms with Crippen LogP contribution in [0.3, 0.4) is 0 Å². The van der Waals surface area contributed by atoms with E-state index < -0.39 is 10.0 Å². The number of carbonyl (C=O) groups is 1. The summed E-state index contributed by atoms with van der Waals surface area (Å²) in [5, 5.41) is 10.9. The van der Waals surface area contributed by atoms with Crippen LogP contribution >= 0.6 is 0 Å². The van der Waals surface area contributed by atoms with Gasteiger partial charge in [-0.3, -0.25) is 4.79 Å². The van der Waals surface area contributed by atoms with Gasteiger partial charge in [-0.2, -0.15) is 9.19 Å². The molecule has 4 aromatic rings. The fourth-order valence-corrected chi connectivity index (χ4v) is 6.16. The molecule has 2 N–H and O–H groups in total. The smallest absolute Gasteiger partial charge is 0.256 e. The third-order valence-electron chi connectivity index (χ3n) is 6.99. The third kappa shape index (κ3) is 5.11. The summed E-state index contributed by atoms with van der Waals surface area (Å²) in [5.41, 5.74) is 1.82. The number of anilines is 2. The standard InChI is InChI=1S/C26H30N8O4S/c1-16(2)33-15-20(26(35)29-17-7-11-38-12-8-17)19-14-28-24(13-22(19)33)30-23-5-9-27-25(31-23)21-6-10-34(32-21)39(36,37)18-3-4-18/h5-6,9-10,13-18H,3-4,7-8,11-12H2,1-2H3,(H,29,35)(H,27,28,30,31). The van der Waals surface area contributed by atoms with Crippen LogP contribution in [-0.2, 0) is 14.8 Å². The maximum absolute atomic E-state index is 13.1. The molecule has 1 saturated heterocycles. The predicted molar refractivity (Wildman–Crippen MR) is 145 cm³/mol. The van der Waals surface area contributed by atoms with Crippen LogP contribution in [0.5, 0.6) is 0 Å². The van der Waals surface area contributed by atoms with E-state index in [9.17, 15) is 13.2 Å². The van der Waals surface area contributed by atoms with E-state index in [1.807, 2.05) is 12.3 Å². The van der Waals surface area contributed by atoms with Crippen LogP contribution in [0.25, 0.3) is 22.4 Å². The number of carbonyl (C=O) groups excluding carboxylic acids is 1. The van der Waals surface area contributed by atoms with Gasteiger partial charge in [0.1, 0.15) is 17.3 Å². The molecule has 0 spiro atoms. The predicted octanol–water partition coefficient (Wildman–Crippen LogP) is 3.26. The van der Waals surface area contributed by atoms with Crippen molar-refractivity contribution in [1.82, 2.24) is 34.0 Å². The second-order valence-electron chi connectivity index (χ2n) is 10.2. The fraction of sp³-hybridized carbons (Fsp3) is 0.423. The van der Waals surface area contributed by atoms with Crippen LogP contribution in [0.4, 0.5) is 11.6 Å². The number of hydrogen-bond acceptors (Lipinski definition) is 9. The SMILES string of the molecule is CC(C)n1cc(C(=O)NC2CCOCC2)c2cnc(Nc3ccnc(-c4ccn(S(=O)(=O)C5CC5)n4)n3)cc21. The molecule has 0 atom stereocenters. The molecule has 2 fully saturated rings. The van der Waals surface area contributed by atoms with Crippen molar-refractivity contribution in [2.24, 2.45) is 0 Å². The van der Waals surface area contributed by atoms with E-state index >= 15 is 0 Å². The molecule has 12 nitrogen and oxygen atoms in total. The zero-order valence-corrected chi connectivity index (χ0v) is 22.6. The van der Waals surface area contributed by atoms with E-state index in [2.05, 4.69) is 49.1 Å². The van der Waals surface area contributed by atoms with Gasteiger partial charge >= 0.3 is 0 Å². The second kappa shape index (κ2) is 10.0. The number of hydrogen-bond donors (Lipinski definition) is 2. The fourth-order valence-electron chi connectivity index (χ4n) is 4.70. The van der Waals surface area contributed by atoms with Gasteiger partial charge in [0.15, 0.2) is 5.82 Å². The highest BCUT2D eigenvalue weighted by Crippen LogP contribution is 2.30. The molecule has 2 aliphatic rings. The van der Waals surface area contributed by atoms with Gasteiger partial charge < -0.3 is 19.9 Å². The topological polar surface area (TPSA) is 146 Å². The lowest BCUT2D eigenvalue weighted by Gasteiger charge is -2.22. The van der Waals surface area contributed by atoms with Gasteiger partial charge in [0, 0.05) is 61.5 Å². The van der Waals surface area contributed by atoms with Crippen LogP contribution in [-0.4, -0.2) is 67.5 Å². The first-order valence-electron chi connectivity index (χ1n) is 13.1. The van der Waals surface area contributed by atoms with Gasteiger partial charge in [0.05, 0.1) is 16.3 Å². The van der Waals surface area contributed by atoms with Crippen molar-refractivity contribution in [3.63, 3.8) is 0 Å². The summed E-state index contributed by atoms with van der Waals surface area (Å²) >= 11 is 0. The van der Waals surface area contributed by atoms with E-state index in [4.69, 9.17) is 4.74 Å². The van der Waals surface area contributed by atoms with Crippen molar-refractivity contribution in [2.75, 3.05) is 18.5 Å². The molecule has 5 heterocycles. The van der Waals surface area contributed by atoms with Gasteiger partial charge in [0.2, 0.25) is 0 Å². The summed E-state index contributed by atoms with van der Waals surface area (Å²) in [6.07, 6.45) is 9.51. The summed E-state index contributed by atoms with van der Waals surface area (Å²) in [5.74, 6) is 1.21. The van der Waals surface area contributed by atoms with E-state index in [0.717, 1.165) is 27.8 Å². The third-order valence-corrected chi connectivity index (χ3v) is 9.03.